The van der Waals surface area contributed by atoms with E-state index < -0.39 is 0 Å². The summed E-state index contributed by atoms with van der Waals surface area (Å²) in [4.78, 5) is 11.7. The smallest absolute Gasteiger partial charge is 0.340 e. The molecule has 2 nitrogen and oxygen atoms in total. The summed E-state index contributed by atoms with van der Waals surface area (Å²) in [6, 6.07) is 3.52. The van der Waals surface area contributed by atoms with E-state index in [-0.39, 0.29) is 10.8 Å². The fourth-order valence-electron chi connectivity index (χ4n) is 2.79. The molecule has 0 aromatic carbocycles. The molecule has 0 aliphatic heterocycles. The van der Waals surface area contributed by atoms with Crippen LogP contribution in [0, 0.1) is 5.92 Å². The summed E-state index contributed by atoms with van der Waals surface area (Å²) in [5.74, 6) is 0.991. The standard InChI is InChI=1S/C13H17ClO2/c1-2-9-5-3-4-6-10(9)11-7-8-12(14)16-13(11)15/h7-10H,2-6H2,1H3. The molecule has 0 bridgehead atoms. The van der Waals surface area contributed by atoms with Crippen LogP contribution in [0.5, 0.6) is 0 Å². The highest BCUT2D eigenvalue weighted by Gasteiger charge is 2.27. The third kappa shape index (κ3) is 2.32. The molecule has 1 aliphatic carbocycles. The zero-order chi connectivity index (χ0) is 11.5. The lowest BCUT2D eigenvalue weighted by molar-refractivity contribution is 0.292. The fraction of sp³-hybridized carbons (Fsp3) is 0.615. The highest BCUT2D eigenvalue weighted by atomic mass is 35.5. The summed E-state index contributed by atoms with van der Waals surface area (Å²) >= 11 is 5.66. The maximum atomic E-state index is 11.7. The van der Waals surface area contributed by atoms with Gasteiger partial charge in [-0.15, -0.1) is 0 Å². The van der Waals surface area contributed by atoms with Gasteiger partial charge in [-0.2, -0.15) is 0 Å². The van der Waals surface area contributed by atoms with E-state index in [1.165, 1.54) is 19.3 Å². The van der Waals surface area contributed by atoms with Crippen LogP contribution in [0.15, 0.2) is 21.3 Å². The van der Waals surface area contributed by atoms with Crippen molar-refractivity contribution < 1.29 is 4.42 Å². The van der Waals surface area contributed by atoms with Crippen molar-refractivity contribution in [1.82, 2.24) is 0 Å². The first-order valence-corrected chi connectivity index (χ1v) is 6.39. The van der Waals surface area contributed by atoms with E-state index in [0.717, 1.165) is 18.4 Å². The summed E-state index contributed by atoms with van der Waals surface area (Å²) in [7, 11) is 0. The normalized spacial score (nSPS) is 25.6. The number of halogens is 1. The summed E-state index contributed by atoms with van der Waals surface area (Å²) in [6.45, 7) is 2.19. The van der Waals surface area contributed by atoms with Gasteiger partial charge in [0.15, 0.2) is 5.22 Å². The Hall–Kier alpha value is -0.760. The monoisotopic (exact) mass is 240 g/mol. The van der Waals surface area contributed by atoms with Crippen LogP contribution < -0.4 is 5.63 Å². The van der Waals surface area contributed by atoms with Crippen molar-refractivity contribution in [3.63, 3.8) is 0 Å². The van der Waals surface area contributed by atoms with E-state index in [1.807, 2.05) is 6.07 Å². The third-order valence-electron chi connectivity index (χ3n) is 3.65. The Morgan fingerprint density at radius 1 is 1.38 bits per heavy atom. The molecule has 0 spiro atoms. The van der Waals surface area contributed by atoms with Gasteiger partial charge in [0.2, 0.25) is 0 Å². The molecule has 16 heavy (non-hydrogen) atoms. The zero-order valence-corrected chi connectivity index (χ0v) is 10.3. The van der Waals surface area contributed by atoms with Crippen LogP contribution in [0.25, 0.3) is 0 Å². The van der Waals surface area contributed by atoms with Gasteiger partial charge >= 0.3 is 5.63 Å². The maximum Gasteiger partial charge on any atom is 0.340 e. The van der Waals surface area contributed by atoms with Gasteiger partial charge in [0.05, 0.1) is 0 Å². The van der Waals surface area contributed by atoms with Crippen LogP contribution in [0.4, 0.5) is 0 Å². The lowest BCUT2D eigenvalue weighted by Gasteiger charge is -2.30. The molecule has 1 aromatic rings. The maximum absolute atomic E-state index is 11.7. The van der Waals surface area contributed by atoms with Crippen molar-refractivity contribution in [2.45, 2.75) is 44.9 Å². The van der Waals surface area contributed by atoms with Gasteiger partial charge in [-0.3, -0.25) is 0 Å². The average Bonchev–Trinajstić information content (AvgIpc) is 2.29. The molecule has 3 heteroatoms. The van der Waals surface area contributed by atoms with Crippen LogP contribution in [0.3, 0.4) is 0 Å². The molecule has 1 saturated carbocycles. The minimum absolute atomic E-state index is 0.178. The molecule has 88 valence electrons. The molecule has 2 rings (SSSR count). The summed E-state index contributed by atoms with van der Waals surface area (Å²) in [5.41, 5.74) is 0.564. The molecular formula is C13H17ClO2. The topological polar surface area (TPSA) is 30.2 Å². The molecule has 0 N–H and O–H groups in total. The third-order valence-corrected chi connectivity index (χ3v) is 3.86. The molecule has 0 amide bonds. The van der Waals surface area contributed by atoms with Crippen LogP contribution in [0.2, 0.25) is 5.22 Å². The van der Waals surface area contributed by atoms with Crippen molar-refractivity contribution in [1.29, 1.82) is 0 Å². The Labute approximate surface area is 101 Å². The predicted molar refractivity (Wildman–Crippen MR) is 65.0 cm³/mol. The first-order valence-electron chi connectivity index (χ1n) is 6.02. The van der Waals surface area contributed by atoms with Crippen molar-refractivity contribution >= 4 is 11.6 Å². The van der Waals surface area contributed by atoms with E-state index in [2.05, 4.69) is 6.92 Å². The lowest BCUT2D eigenvalue weighted by atomic mass is 9.75. The van der Waals surface area contributed by atoms with E-state index >= 15 is 0 Å². The van der Waals surface area contributed by atoms with E-state index in [0.29, 0.717) is 11.8 Å². The SMILES string of the molecule is CCC1CCCCC1c1ccc(Cl)oc1=O. The largest absolute Gasteiger partial charge is 0.411 e. The Morgan fingerprint density at radius 2 is 2.12 bits per heavy atom. The van der Waals surface area contributed by atoms with Gasteiger partial charge in [0, 0.05) is 5.56 Å². The van der Waals surface area contributed by atoms with Gasteiger partial charge < -0.3 is 4.42 Å². The average molecular weight is 241 g/mol. The van der Waals surface area contributed by atoms with Crippen molar-refractivity contribution in [2.75, 3.05) is 0 Å². The summed E-state index contributed by atoms with van der Waals surface area (Å²) in [5, 5.41) is 0.178. The first-order chi connectivity index (χ1) is 7.72. The minimum atomic E-state index is -0.252. The Balaban J connectivity index is 2.31. The molecule has 1 aromatic heterocycles. The molecule has 0 radical (unpaired) electrons. The first kappa shape index (κ1) is 11.7. The van der Waals surface area contributed by atoms with Gasteiger partial charge in [0.1, 0.15) is 0 Å². The lowest BCUT2D eigenvalue weighted by Crippen LogP contribution is -2.22. The second-order valence-electron chi connectivity index (χ2n) is 4.54. The molecule has 2 unspecified atom stereocenters. The summed E-state index contributed by atoms with van der Waals surface area (Å²) < 4.78 is 4.96. The number of hydrogen-bond acceptors (Lipinski definition) is 2. The van der Waals surface area contributed by atoms with Crippen LogP contribution in [-0.4, -0.2) is 0 Å². The van der Waals surface area contributed by atoms with Crippen molar-refractivity contribution in [3.05, 3.63) is 33.3 Å². The van der Waals surface area contributed by atoms with Gasteiger partial charge in [-0.1, -0.05) is 26.2 Å². The second kappa shape index (κ2) is 5.05. The zero-order valence-electron chi connectivity index (χ0n) is 9.54. The minimum Gasteiger partial charge on any atom is -0.411 e. The highest BCUT2D eigenvalue weighted by Crippen LogP contribution is 2.38. The molecule has 1 heterocycles. The Kier molecular flexibility index (Phi) is 3.70. The predicted octanol–water partition coefficient (Wildman–Crippen LogP) is 3.98. The second-order valence-corrected chi connectivity index (χ2v) is 4.91. The van der Waals surface area contributed by atoms with E-state index in [4.69, 9.17) is 16.0 Å². The summed E-state index contributed by atoms with van der Waals surface area (Å²) in [6.07, 6.45) is 5.96. The number of rotatable bonds is 2. The molecule has 0 saturated heterocycles. The number of hydrogen-bond donors (Lipinski definition) is 0. The van der Waals surface area contributed by atoms with E-state index in [1.54, 1.807) is 6.07 Å². The Bertz CT molecular complexity index is 411. The van der Waals surface area contributed by atoms with Crippen LogP contribution >= 0.6 is 11.6 Å². The molecule has 2 atom stereocenters. The van der Waals surface area contributed by atoms with Gasteiger partial charge in [-0.25, -0.2) is 4.79 Å². The quantitative estimate of drug-likeness (QED) is 0.783. The van der Waals surface area contributed by atoms with Crippen molar-refractivity contribution in [3.8, 4) is 0 Å². The fourth-order valence-corrected chi connectivity index (χ4v) is 2.92. The Morgan fingerprint density at radius 3 is 2.81 bits per heavy atom. The van der Waals surface area contributed by atoms with Gasteiger partial charge in [-0.05, 0) is 48.4 Å². The van der Waals surface area contributed by atoms with Crippen molar-refractivity contribution in [2.24, 2.45) is 5.92 Å². The molecule has 1 fully saturated rings. The molecule has 1 aliphatic rings. The van der Waals surface area contributed by atoms with Crippen LogP contribution in [-0.2, 0) is 0 Å². The highest BCUT2D eigenvalue weighted by molar-refractivity contribution is 6.28. The molecular weight excluding hydrogens is 224 g/mol. The van der Waals surface area contributed by atoms with E-state index in [9.17, 15) is 4.79 Å². The van der Waals surface area contributed by atoms with Crippen LogP contribution in [0.1, 0.15) is 50.5 Å². The van der Waals surface area contributed by atoms with Gasteiger partial charge in [0.25, 0.3) is 0 Å².